The molecule has 0 spiro atoms. The molecular formula is C44H63N3O4S. The lowest BCUT2D eigenvalue weighted by molar-refractivity contribution is 0.145. The standard InChI is InChI=1S/C44H63N3O4S/c1-2-3-4-5-6-7-8-9-10-11-12-13-14-15-16-18-34-51-44(49)47-41-36-38(25-23-37(41)24-26-43(47)48)50-33-19-17-28-45-29-31-46(32-30-45)40-21-20-22-42-39(40)27-35-52-42/h20-27,35-36H,2-19,28-34H2,1H3. The molecule has 7 nitrogen and oxygen atoms in total. The molecule has 0 amide bonds. The number of hydrogen-bond donors (Lipinski definition) is 0. The second-order valence-electron chi connectivity index (χ2n) is 14.6. The monoisotopic (exact) mass is 729 g/mol. The van der Waals surface area contributed by atoms with Gasteiger partial charge in [0.15, 0.2) is 0 Å². The first-order valence-corrected chi connectivity index (χ1v) is 21.4. The van der Waals surface area contributed by atoms with Crippen molar-refractivity contribution >= 4 is 44.1 Å². The third-order valence-electron chi connectivity index (χ3n) is 10.6. The number of thiophene rings is 1. The fourth-order valence-electron chi connectivity index (χ4n) is 7.46. The Morgan fingerprint density at radius 1 is 0.692 bits per heavy atom. The maximum Gasteiger partial charge on any atom is 0.421 e. The lowest BCUT2D eigenvalue weighted by atomic mass is 10.0. The van der Waals surface area contributed by atoms with Gasteiger partial charge in [-0.3, -0.25) is 9.69 Å². The highest BCUT2D eigenvalue weighted by Gasteiger charge is 2.19. The number of piperazine rings is 1. The second-order valence-corrected chi connectivity index (χ2v) is 15.6. The van der Waals surface area contributed by atoms with Crippen molar-refractivity contribution in [1.29, 1.82) is 0 Å². The average Bonchev–Trinajstić information content (AvgIpc) is 3.65. The third-order valence-corrected chi connectivity index (χ3v) is 11.5. The number of anilines is 1. The smallest absolute Gasteiger partial charge is 0.421 e. The van der Waals surface area contributed by atoms with Crippen LogP contribution in [0.4, 0.5) is 10.5 Å². The van der Waals surface area contributed by atoms with Crippen LogP contribution >= 0.6 is 11.3 Å². The van der Waals surface area contributed by atoms with E-state index in [9.17, 15) is 9.59 Å². The van der Waals surface area contributed by atoms with Gasteiger partial charge >= 0.3 is 6.09 Å². The van der Waals surface area contributed by atoms with Gasteiger partial charge < -0.3 is 14.4 Å². The van der Waals surface area contributed by atoms with Crippen LogP contribution in [0, 0.1) is 0 Å². The summed E-state index contributed by atoms with van der Waals surface area (Å²) >= 11 is 1.81. The molecule has 52 heavy (non-hydrogen) atoms. The van der Waals surface area contributed by atoms with E-state index in [2.05, 4.69) is 46.4 Å². The van der Waals surface area contributed by atoms with Crippen LogP contribution in [0.5, 0.6) is 5.75 Å². The molecule has 0 bridgehead atoms. The quantitative estimate of drug-likeness (QED) is 0.0669. The Kier molecular flexibility index (Phi) is 17.4. The average molecular weight is 730 g/mol. The number of carbonyl (C=O) groups excluding carboxylic acids is 1. The molecule has 1 aliphatic rings. The number of unbranched alkanes of at least 4 members (excludes halogenated alkanes) is 16. The molecule has 0 saturated carbocycles. The number of pyridine rings is 1. The van der Waals surface area contributed by atoms with Gasteiger partial charge in [-0.25, -0.2) is 9.36 Å². The molecule has 0 aliphatic carbocycles. The minimum Gasteiger partial charge on any atom is -0.494 e. The van der Waals surface area contributed by atoms with Gasteiger partial charge in [-0.05, 0) is 73.0 Å². The predicted octanol–water partition coefficient (Wildman–Crippen LogP) is 11.4. The van der Waals surface area contributed by atoms with E-state index in [1.54, 1.807) is 12.1 Å². The highest BCUT2D eigenvalue weighted by atomic mass is 32.1. The summed E-state index contributed by atoms with van der Waals surface area (Å²) in [6.07, 6.45) is 22.2. The Hall–Kier alpha value is -3.36. The van der Waals surface area contributed by atoms with Crippen molar-refractivity contribution in [3.63, 3.8) is 0 Å². The van der Waals surface area contributed by atoms with Gasteiger partial charge in [-0.15, -0.1) is 11.3 Å². The summed E-state index contributed by atoms with van der Waals surface area (Å²) in [7, 11) is 0. The molecule has 8 heteroatoms. The number of ether oxygens (including phenoxy) is 2. The first kappa shape index (κ1) is 39.8. The summed E-state index contributed by atoms with van der Waals surface area (Å²) in [5.41, 5.74) is 1.50. The van der Waals surface area contributed by atoms with Gasteiger partial charge in [0, 0.05) is 54.1 Å². The Labute approximate surface area is 316 Å². The molecule has 1 aliphatic heterocycles. The first-order valence-electron chi connectivity index (χ1n) is 20.5. The summed E-state index contributed by atoms with van der Waals surface area (Å²) in [5, 5.41) is 4.35. The van der Waals surface area contributed by atoms with Crippen molar-refractivity contribution in [1.82, 2.24) is 9.47 Å². The highest BCUT2D eigenvalue weighted by molar-refractivity contribution is 7.17. The summed E-state index contributed by atoms with van der Waals surface area (Å²) < 4.78 is 14.2. The summed E-state index contributed by atoms with van der Waals surface area (Å²) in [6, 6.07) is 17.7. The number of rotatable bonds is 24. The van der Waals surface area contributed by atoms with Crippen molar-refractivity contribution in [3.8, 4) is 5.75 Å². The van der Waals surface area contributed by atoms with Crippen molar-refractivity contribution in [3.05, 3.63) is 70.3 Å². The SMILES string of the molecule is CCCCCCCCCCCCCCCCCCOC(=O)n1c(=O)ccc2ccc(OCCCCN3CCN(c4cccc5sccc45)CC3)cc21. The minimum atomic E-state index is -0.610. The first-order chi connectivity index (χ1) is 25.6. The molecule has 0 unspecified atom stereocenters. The van der Waals surface area contributed by atoms with Crippen LogP contribution in [0.1, 0.15) is 122 Å². The molecule has 0 atom stereocenters. The fraction of sp³-hybridized carbons (Fsp3) is 0.591. The molecular weight excluding hydrogens is 667 g/mol. The Balaban J connectivity index is 0.929. The summed E-state index contributed by atoms with van der Waals surface area (Å²) in [5.74, 6) is 0.661. The number of fused-ring (bicyclic) bond motifs is 2. The van der Waals surface area contributed by atoms with E-state index in [1.807, 2.05) is 23.5 Å². The van der Waals surface area contributed by atoms with E-state index in [0.29, 0.717) is 24.5 Å². The maximum absolute atomic E-state index is 13.0. The zero-order valence-electron chi connectivity index (χ0n) is 31.8. The van der Waals surface area contributed by atoms with Crippen LogP contribution in [0.2, 0.25) is 0 Å². The highest BCUT2D eigenvalue weighted by Crippen LogP contribution is 2.31. The van der Waals surface area contributed by atoms with Crippen LogP contribution in [-0.4, -0.2) is 61.5 Å². The minimum absolute atomic E-state index is 0.329. The van der Waals surface area contributed by atoms with Crippen molar-refractivity contribution in [2.45, 2.75) is 122 Å². The Bertz CT molecular complexity index is 1680. The lowest BCUT2D eigenvalue weighted by Crippen LogP contribution is -2.46. The normalized spacial score (nSPS) is 13.7. The van der Waals surface area contributed by atoms with E-state index in [4.69, 9.17) is 9.47 Å². The molecule has 2 aromatic heterocycles. The van der Waals surface area contributed by atoms with Crippen LogP contribution in [-0.2, 0) is 4.74 Å². The number of carbonyl (C=O) groups is 1. The summed E-state index contributed by atoms with van der Waals surface area (Å²) in [4.78, 5) is 30.9. The van der Waals surface area contributed by atoms with Crippen LogP contribution in [0.15, 0.2) is 64.8 Å². The number of benzene rings is 2. The number of hydrogen-bond acceptors (Lipinski definition) is 7. The fourth-order valence-corrected chi connectivity index (χ4v) is 8.27. The van der Waals surface area contributed by atoms with Gasteiger partial charge in [0.25, 0.3) is 5.56 Å². The lowest BCUT2D eigenvalue weighted by Gasteiger charge is -2.36. The van der Waals surface area contributed by atoms with E-state index in [-0.39, 0.29) is 5.56 Å². The molecule has 0 N–H and O–H groups in total. The molecule has 3 heterocycles. The van der Waals surface area contributed by atoms with Crippen molar-refractivity contribution in [2.75, 3.05) is 50.8 Å². The van der Waals surface area contributed by atoms with E-state index < -0.39 is 6.09 Å². The van der Waals surface area contributed by atoms with Gasteiger partial charge in [0.2, 0.25) is 0 Å². The number of nitrogens with zero attached hydrogens (tertiary/aromatic N) is 3. The Morgan fingerprint density at radius 3 is 2.02 bits per heavy atom. The molecule has 1 fully saturated rings. The van der Waals surface area contributed by atoms with Crippen LogP contribution < -0.4 is 15.2 Å². The van der Waals surface area contributed by atoms with E-state index >= 15 is 0 Å². The molecule has 0 radical (unpaired) electrons. The molecule has 2 aromatic carbocycles. The van der Waals surface area contributed by atoms with Crippen LogP contribution in [0.3, 0.4) is 0 Å². The largest absolute Gasteiger partial charge is 0.494 e. The van der Waals surface area contributed by atoms with Gasteiger partial charge in [-0.2, -0.15) is 0 Å². The van der Waals surface area contributed by atoms with Crippen LogP contribution in [0.25, 0.3) is 21.0 Å². The van der Waals surface area contributed by atoms with Gasteiger partial charge in [0.05, 0.1) is 18.7 Å². The maximum atomic E-state index is 13.0. The zero-order chi connectivity index (χ0) is 36.2. The van der Waals surface area contributed by atoms with Crippen molar-refractivity contribution in [2.24, 2.45) is 0 Å². The molecule has 4 aromatic rings. The summed E-state index contributed by atoms with van der Waals surface area (Å²) in [6.45, 7) is 8.49. The van der Waals surface area contributed by atoms with Crippen molar-refractivity contribution < 1.29 is 14.3 Å². The molecule has 1 saturated heterocycles. The van der Waals surface area contributed by atoms with E-state index in [0.717, 1.165) is 74.8 Å². The molecule has 5 rings (SSSR count). The zero-order valence-corrected chi connectivity index (χ0v) is 32.7. The molecule has 284 valence electrons. The topological polar surface area (TPSA) is 64.0 Å². The second kappa shape index (κ2) is 22.7. The number of aromatic nitrogens is 1. The van der Waals surface area contributed by atoms with Gasteiger partial charge in [0.1, 0.15) is 5.75 Å². The third kappa shape index (κ3) is 12.6. The van der Waals surface area contributed by atoms with Gasteiger partial charge in [-0.1, -0.05) is 109 Å². The van der Waals surface area contributed by atoms with E-state index in [1.165, 1.54) is 105 Å². The Morgan fingerprint density at radius 2 is 1.33 bits per heavy atom. The predicted molar refractivity (Wildman–Crippen MR) is 220 cm³/mol.